The van der Waals surface area contributed by atoms with Crippen LogP contribution in [0.5, 0.6) is 17.2 Å². The molecule has 2 fully saturated rings. The minimum absolute atomic E-state index is 0.0830. The third-order valence-electron chi connectivity index (χ3n) is 5.55. The monoisotopic (exact) mass is 351 g/mol. The Morgan fingerprint density at radius 1 is 0.962 bits per heavy atom. The van der Waals surface area contributed by atoms with Gasteiger partial charge in [-0.25, -0.2) is 0 Å². The first kappa shape index (κ1) is 15.6. The van der Waals surface area contributed by atoms with E-state index >= 15 is 0 Å². The van der Waals surface area contributed by atoms with Crippen molar-refractivity contribution in [3.05, 3.63) is 54.1 Å². The van der Waals surface area contributed by atoms with Gasteiger partial charge in [0.2, 0.25) is 12.9 Å². The molecule has 5 nitrogen and oxygen atoms in total. The molecular weight excluding hydrogens is 330 g/mol. The molecule has 5 heteroatoms. The van der Waals surface area contributed by atoms with Crippen molar-refractivity contribution in [1.82, 2.24) is 4.90 Å². The molecule has 134 valence electrons. The number of rotatable bonds is 4. The largest absolute Gasteiger partial charge is 0.478 e. The number of likely N-dealkylation sites (tertiary alicyclic amines) is 1. The first-order valence-electron chi connectivity index (χ1n) is 9.25. The van der Waals surface area contributed by atoms with Gasteiger partial charge in [0.15, 0.2) is 11.5 Å². The summed E-state index contributed by atoms with van der Waals surface area (Å²) in [4.78, 5) is 14.9. The summed E-state index contributed by atoms with van der Waals surface area (Å²) in [5, 5.41) is 0. The summed E-state index contributed by atoms with van der Waals surface area (Å²) in [5.74, 6) is 2.31. The van der Waals surface area contributed by atoms with Crippen LogP contribution in [0, 0.1) is 0 Å². The highest BCUT2D eigenvalue weighted by Crippen LogP contribution is 2.45. The minimum Gasteiger partial charge on any atom is -0.478 e. The van der Waals surface area contributed by atoms with E-state index in [9.17, 15) is 4.79 Å². The molecule has 5 rings (SSSR count). The fourth-order valence-electron chi connectivity index (χ4n) is 4.27. The van der Waals surface area contributed by atoms with Gasteiger partial charge >= 0.3 is 0 Å². The second-order valence-corrected chi connectivity index (χ2v) is 7.09. The quantitative estimate of drug-likeness (QED) is 0.788. The van der Waals surface area contributed by atoms with Gasteiger partial charge < -0.3 is 19.1 Å². The van der Waals surface area contributed by atoms with Crippen molar-refractivity contribution in [3.63, 3.8) is 0 Å². The molecule has 1 saturated heterocycles. The van der Waals surface area contributed by atoms with Gasteiger partial charge in [-0.15, -0.1) is 0 Å². The van der Waals surface area contributed by atoms with Gasteiger partial charge in [-0.1, -0.05) is 37.1 Å². The van der Waals surface area contributed by atoms with Crippen LogP contribution < -0.4 is 14.2 Å². The summed E-state index contributed by atoms with van der Waals surface area (Å²) in [7, 11) is 0. The Balaban J connectivity index is 1.47. The summed E-state index contributed by atoms with van der Waals surface area (Å²) in [6.45, 7) is 0.249. The topological polar surface area (TPSA) is 48.0 Å². The van der Waals surface area contributed by atoms with Gasteiger partial charge in [0.1, 0.15) is 11.8 Å². The molecule has 2 aromatic rings. The van der Waals surface area contributed by atoms with Gasteiger partial charge in [-0.2, -0.15) is 0 Å². The molecule has 2 heterocycles. The Morgan fingerprint density at radius 2 is 1.73 bits per heavy atom. The van der Waals surface area contributed by atoms with E-state index < -0.39 is 6.10 Å². The molecule has 0 unspecified atom stereocenters. The molecular formula is C21H21NO4. The number of hydrogen-bond donors (Lipinski definition) is 0. The molecule has 2 atom stereocenters. The zero-order valence-corrected chi connectivity index (χ0v) is 14.5. The Hall–Kier alpha value is -2.69. The number of amides is 1. The maximum atomic E-state index is 12.9. The van der Waals surface area contributed by atoms with Gasteiger partial charge in [-0.3, -0.25) is 4.79 Å². The van der Waals surface area contributed by atoms with Crippen LogP contribution in [0.15, 0.2) is 48.5 Å². The third kappa shape index (κ3) is 2.50. The van der Waals surface area contributed by atoms with Gasteiger partial charge in [-0.05, 0) is 42.7 Å². The fourth-order valence-corrected chi connectivity index (χ4v) is 4.27. The standard InChI is InChI=1S/C21H21NO4/c23-21-20(26-16-8-2-1-3-9-16)19(22(21)15-6-4-5-7-15)14-10-11-17-18(12-14)25-13-24-17/h1-3,8-12,15,19-20H,4-7,13H2/t19-,20-/m1/s1. The molecule has 2 aromatic carbocycles. The lowest BCUT2D eigenvalue weighted by atomic mass is 9.87. The van der Waals surface area contributed by atoms with E-state index in [1.54, 1.807) is 0 Å². The average molecular weight is 351 g/mol. The summed E-state index contributed by atoms with van der Waals surface area (Å²) in [6, 6.07) is 15.7. The molecule has 1 saturated carbocycles. The van der Waals surface area contributed by atoms with E-state index in [0.717, 1.165) is 35.7 Å². The van der Waals surface area contributed by atoms with Crippen molar-refractivity contribution in [2.24, 2.45) is 0 Å². The van der Waals surface area contributed by atoms with Crippen molar-refractivity contribution in [3.8, 4) is 17.2 Å². The fraction of sp³-hybridized carbons (Fsp3) is 0.381. The van der Waals surface area contributed by atoms with E-state index in [1.165, 1.54) is 12.8 Å². The van der Waals surface area contributed by atoms with Crippen LogP contribution in [0.1, 0.15) is 37.3 Å². The SMILES string of the molecule is O=C1[C@H](Oc2ccccc2)[C@@H](c2ccc3c(c2)OCO3)N1C1CCCC1. The molecule has 0 N–H and O–H groups in total. The highest BCUT2D eigenvalue weighted by Gasteiger charge is 2.53. The minimum atomic E-state index is -0.488. The Bertz CT molecular complexity index is 816. The third-order valence-corrected chi connectivity index (χ3v) is 5.55. The van der Waals surface area contributed by atoms with Crippen molar-refractivity contribution in [1.29, 1.82) is 0 Å². The number of para-hydroxylation sites is 1. The number of carbonyl (C=O) groups is 1. The second kappa shape index (κ2) is 6.24. The number of β-lactam (4-membered cyclic amide) rings is 1. The van der Waals surface area contributed by atoms with Crippen LogP contribution in [-0.2, 0) is 4.79 Å². The number of benzene rings is 2. The van der Waals surface area contributed by atoms with E-state index in [0.29, 0.717) is 6.04 Å². The molecule has 2 aliphatic heterocycles. The zero-order valence-electron chi connectivity index (χ0n) is 14.5. The van der Waals surface area contributed by atoms with E-state index in [2.05, 4.69) is 0 Å². The number of fused-ring (bicyclic) bond motifs is 1. The maximum Gasteiger partial charge on any atom is 0.267 e. The predicted octanol–water partition coefficient (Wildman–Crippen LogP) is 3.69. The molecule has 0 radical (unpaired) electrons. The first-order valence-corrected chi connectivity index (χ1v) is 9.25. The number of ether oxygens (including phenoxy) is 3. The maximum absolute atomic E-state index is 12.9. The van der Waals surface area contributed by atoms with Crippen LogP contribution in [0.3, 0.4) is 0 Å². The number of hydrogen-bond acceptors (Lipinski definition) is 4. The summed E-state index contributed by atoms with van der Waals surface area (Å²) >= 11 is 0. The smallest absolute Gasteiger partial charge is 0.267 e. The molecule has 3 aliphatic rings. The van der Waals surface area contributed by atoms with Crippen LogP contribution >= 0.6 is 0 Å². The van der Waals surface area contributed by atoms with Crippen molar-refractivity contribution >= 4 is 5.91 Å². The zero-order chi connectivity index (χ0) is 17.5. The van der Waals surface area contributed by atoms with Crippen LogP contribution in [0.25, 0.3) is 0 Å². The van der Waals surface area contributed by atoms with Crippen LogP contribution in [-0.4, -0.2) is 29.7 Å². The Kier molecular flexibility index (Phi) is 3.73. The summed E-state index contributed by atoms with van der Waals surface area (Å²) < 4.78 is 17.0. The lowest BCUT2D eigenvalue weighted by molar-refractivity contribution is -0.169. The van der Waals surface area contributed by atoms with E-state index in [1.807, 2.05) is 53.4 Å². The van der Waals surface area contributed by atoms with E-state index in [4.69, 9.17) is 14.2 Å². The van der Waals surface area contributed by atoms with Gasteiger partial charge in [0, 0.05) is 6.04 Å². The molecule has 0 spiro atoms. The predicted molar refractivity (Wildman–Crippen MR) is 95.3 cm³/mol. The second-order valence-electron chi connectivity index (χ2n) is 7.09. The number of nitrogens with zero attached hydrogens (tertiary/aromatic N) is 1. The van der Waals surface area contributed by atoms with Gasteiger partial charge in [0.05, 0.1) is 0 Å². The highest BCUT2D eigenvalue weighted by molar-refractivity contribution is 5.89. The molecule has 1 aliphatic carbocycles. The van der Waals surface area contributed by atoms with Crippen LogP contribution in [0.2, 0.25) is 0 Å². The van der Waals surface area contributed by atoms with Crippen LogP contribution in [0.4, 0.5) is 0 Å². The van der Waals surface area contributed by atoms with Crippen molar-refractivity contribution in [2.45, 2.75) is 43.9 Å². The Morgan fingerprint density at radius 3 is 2.54 bits per heavy atom. The lowest BCUT2D eigenvalue weighted by Crippen LogP contribution is -2.64. The molecule has 0 aromatic heterocycles. The summed E-state index contributed by atoms with van der Waals surface area (Å²) in [6.07, 6.45) is 4.03. The number of carbonyl (C=O) groups excluding carboxylic acids is 1. The van der Waals surface area contributed by atoms with Crippen molar-refractivity contribution in [2.75, 3.05) is 6.79 Å². The average Bonchev–Trinajstić information content (AvgIpc) is 3.35. The highest BCUT2D eigenvalue weighted by atomic mass is 16.7. The molecule has 26 heavy (non-hydrogen) atoms. The van der Waals surface area contributed by atoms with Crippen molar-refractivity contribution < 1.29 is 19.0 Å². The first-order chi connectivity index (χ1) is 12.8. The van der Waals surface area contributed by atoms with E-state index in [-0.39, 0.29) is 18.7 Å². The summed E-state index contributed by atoms with van der Waals surface area (Å²) in [5.41, 5.74) is 1.04. The Labute approximate surface area is 152 Å². The normalized spacial score (nSPS) is 24.6. The molecule has 1 amide bonds. The molecule has 0 bridgehead atoms. The van der Waals surface area contributed by atoms with Gasteiger partial charge in [0.25, 0.3) is 5.91 Å². The lowest BCUT2D eigenvalue weighted by Gasteiger charge is -2.50.